The first kappa shape index (κ1) is 21.8. The van der Waals surface area contributed by atoms with Crippen LogP contribution in [0.3, 0.4) is 0 Å². The number of benzene rings is 2. The standard InChI is InChI=1S/C23H28FN3O3S/c1-17-6-7-18(16-22(17)31(29,30)25-20-10-8-19(24)9-11-20)23(28)27-14-12-26(13-15-27)21-4-2-3-5-21/h6-11,16,21,25H,2-5,12-15H2,1H3. The van der Waals surface area contributed by atoms with Gasteiger partial charge in [-0.05, 0) is 61.7 Å². The van der Waals surface area contributed by atoms with Crippen molar-refractivity contribution < 1.29 is 17.6 Å². The highest BCUT2D eigenvalue weighted by molar-refractivity contribution is 7.92. The Kier molecular flexibility index (Phi) is 6.29. The van der Waals surface area contributed by atoms with Gasteiger partial charge < -0.3 is 4.90 Å². The molecule has 1 aliphatic heterocycles. The van der Waals surface area contributed by atoms with Gasteiger partial charge >= 0.3 is 0 Å². The molecule has 1 saturated heterocycles. The average molecular weight is 446 g/mol. The number of carbonyl (C=O) groups excluding carboxylic acids is 1. The zero-order chi connectivity index (χ0) is 22.0. The molecule has 1 aliphatic carbocycles. The van der Waals surface area contributed by atoms with Gasteiger partial charge in [-0.1, -0.05) is 18.9 Å². The topological polar surface area (TPSA) is 69.7 Å². The number of anilines is 1. The lowest BCUT2D eigenvalue weighted by Crippen LogP contribution is -2.51. The van der Waals surface area contributed by atoms with Crippen molar-refractivity contribution in [3.8, 4) is 0 Å². The van der Waals surface area contributed by atoms with E-state index in [4.69, 9.17) is 0 Å². The lowest BCUT2D eigenvalue weighted by atomic mass is 10.1. The van der Waals surface area contributed by atoms with Crippen LogP contribution < -0.4 is 4.72 Å². The van der Waals surface area contributed by atoms with E-state index in [0.29, 0.717) is 30.3 Å². The molecule has 1 amide bonds. The van der Waals surface area contributed by atoms with Crippen molar-refractivity contribution in [1.82, 2.24) is 9.80 Å². The molecule has 1 saturated carbocycles. The Morgan fingerprint density at radius 2 is 1.65 bits per heavy atom. The molecular weight excluding hydrogens is 417 g/mol. The van der Waals surface area contributed by atoms with Gasteiger partial charge in [0.05, 0.1) is 4.90 Å². The van der Waals surface area contributed by atoms with Crippen molar-refractivity contribution in [3.63, 3.8) is 0 Å². The summed E-state index contributed by atoms with van der Waals surface area (Å²) in [6.45, 7) is 4.71. The predicted octanol–water partition coefficient (Wildman–Crippen LogP) is 3.64. The van der Waals surface area contributed by atoms with E-state index in [1.807, 2.05) is 0 Å². The zero-order valence-electron chi connectivity index (χ0n) is 17.7. The molecule has 0 atom stereocenters. The van der Waals surface area contributed by atoms with E-state index >= 15 is 0 Å². The van der Waals surface area contributed by atoms with Crippen molar-refractivity contribution in [2.24, 2.45) is 0 Å². The quantitative estimate of drug-likeness (QED) is 0.763. The van der Waals surface area contributed by atoms with Gasteiger partial charge in [0.15, 0.2) is 0 Å². The molecule has 0 spiro atoms. The number of nitrogens with zero attached hydrogens (tertiary/aromatic N) is 2. The van der Waals surface area contributed by atoms with Crippen molar-refractivity contribution in [1.29, 1.82) is 0 Å². The van der Waals surface area contributed by atoms with Crippen LogP contribution in [0.1, 0.15) is 41.6 Å². The number of halogens is 1. The molecule has 2 aliphatic rings. The van der Waals surface area contributed by atoms with E-state index in [1.54, 1.807) is 24.0 Å². The summed E-state index contributed by atoms with van der Waals surface area (Å²) in [7, 11) is -3.91. The van der Waals surface area contributed by atoms with Crippen LogP contribution in [0, 0.1) is 12.7 Å². The van der Waals surface area contributed by atoms with Crippen LogP contribution in [0.2, 0.25) is 0 Å². The average Bonchev–Trinajstić information content (AvgIpc) is 3.30. The number of sulfonamides is 1. The van der Waals surface area contributed by atoms with E-state index in [-0.39, 0.29) is 16.5 Å². The van der Waals surface area contributed by atoms with Crippen molar-refractivity contribution in [3.05, 3.63) is 59.4 Å². The second-order valence-corrected chi connectivity index (χ2v) is 10.0. The number of hydrogen-bond donors (Lipinski definition) is 1. The van der Waals surface area contributed by atoms with Gasteiger partial charge in [-0.15, -0.1) is 0 Å². The van der Waals surface area contributed by atoms with E-state index in [2.05, 4.69) is 9.62 Å². The summed E-state index contributed by atoms with van der Waals surface area (Å²) in [5.74, 6) is -0.593. The van der Waals surface area contributed by atoms with Gasteiger partial charge in [-0.3, -0.25) is 14.4 Å². The van der Waals surface area contributed by atoms with Gasteiger partial charge in [0.25, 0.3) is 15.9 Å². The van der Waals surface area contributed by atoms with Crippen LogP contribution in [0.15, 0.2) is 47.4 Å². The third-order valence-corrected chi connectivity index (χ3v) is 7.79. The maximum absolute atomic E-state index is 13.1. The van der Waals surface area contributed by atoms with E-state index in [0.717, 1.165) is 13.1 Å². The zero-order valence-corrected chi connectivity index (χ0v) is 18.5. The van der Waals surface area contributed by atoms with Gasteiger partial charge in [-0.25, -0.2) is 12.8 Å². The molecule has 4 rings (SSSR count). The van der Waals surface area contributed by atoms with Crippen LogP contribution in [-0.2, 0) is 10.0 Å². The maximum Gasteiger partial charge on any atom is 0.262 e. The summed E-state index contributed by atoms with van der Waals surface area (Å²) in [4.78, 5) is 17.4. The Morgan fingerprint density at radius 3 is 2.29 bits per heavy atom. The van der Waals surface area contributed by atoms with Crippen molar-refractivity contribution in [2.45, 2.75) is 43.5 Å². The highest BCUT2D eigenvalue weighted by Gasteiger charge is 2.29. The van der Waals surface area contributed by atoms with Crippen LogP contribution in [0.5, 0.6) is 0 Å². The summed E-state index contributed by atoms with van der Waals surface area (Å²) in [6, 6.07) is 10.5. The molecule has 31 heavy (non-hydrogen) atoms. The summed E-state index contributed by atoms with van der Waals surface area (Å²) in [5, 5.41) is 0. The molecule has 0 unspecified atom stereocenters. The summed E-state index contributed by atoms with van der Waals surface area (Å²) in [5.41, 5.74) is 1.16. The third-order valence-electron chi connectivity index (χ3n) is 6.26. The summed E-state index contributed by atoms with van der Waals surface area (Å²) >= 11 is 0. The van der Waals surface area contributed by atoms with Gasteiger partial charge in [0, 0.05) is 43.5 Å². The summed E-state index contributed by atoms with van der Waals surface area (Å²) < 4.78 is 41.4. The van der Waals surface area contributed by atoms with Gasteiger partial charge in [0.2, 0.25) is 0 Å². The largest absolute Gasteiger partial charge is 0.336 e. The second-order valence-electron chi connectivity index (χ2n) is 8.36. The molecule has 1 heterocycles. The SMILES string of the molecule is Cc1ccc(C(=O)N2CCN(C3CCCC3)CC2)cc1S(=O)(=O)Nc1ccc(F)cc1. The minimum Gasteiger partial charge on any atom is -0.336 e. The molecule has 0 aromatic heterocycles. The number of carbonyl (C=O) groups is 1. The van der Waals surface area contributed by atoms with Crippen LogP contribution in [-0.4, -0.2) is 56.3 Å². The fourth-order valence-electron chi connectivity index (χ4n) is 4.49. The molecular formula is C23H28FN3O3S. The fraction of sp³-hybridized carbons (Fsp3) is 0.435. The van der Waals surface area contributed by atoms with Gasteiger partial charge in [0.1, 0.15) is 5.82 Å². The first-order valence-electron chi connectivity index (χ1n) is 10.8. The number of amides is 1. The molecule has 2 fully saturated rings. The Hall–Kier alpha value is -2.45. The van der Waals surface area contributed by atoms with Crippen LogP contribution in [0.25, 0.3) is 0 Å². The predicted molar refractivity (Wildman–Crippen MR) is 118 cm³/mol. The maximum atomic E-state index is 13.1. The first-order valence-corrected chi connectivity index (χ1v) is 12.2. The minimum absolute atomic E-state index is 0.0484. The van der Waals surface area contributed by atoms with Gasteiger partial charge in [-0.2, -0.15) is 0 Å². The number of piperazine rings is 1. The van der Waals surface area contributed by atoms with Crippen molar-refractivity contribution >= 4 is 21.6 Å². The van der Waals surface area contributed by atoms with E-state index in [9.17, 15) is 17.6 Å². The fourth-order valence-corrected chi connectivity index (χ4v) is 5.82. The lowest BCUT2D eigenvalue weighted by Gasteiger charge is -2.38. The molecule has 1 N–H and O–H groups in total. The number of nitrogens with one attached hydrogen (secondary N) is 1. The Morgan fingerprint density at radius 1 is 1.00 bits per heavy atom. The van der Waals surface area contributed by atoms with Crippen LogP contribution in [0.4, 0.5) is 10.1 Å². The molecule has 8 heteroatoms. The Balaban J connectivity index is 1.48. The monoisotopic (exact) mass is 445 g/mol. The molecule has 0 bridgehead atoms. The highest BCUT2D eigenvalue weighted by atomic mass is 32.2. The normalized spacial score (nSPS) is 18.3. The smallest absolute Gasteiger partial charge is 0.262 e. The van der Waals surface area contributed by atoms with E-state index in [1.165, 1.54) is 56.0 Å². The molecule has 6 nitrogen and oxygen atoms in total. The highest BCUT2D eigenvalue weighted by Crippen LogP contribution is 2.25. The Labute approximate surface area is 183 Å². The molecule has 0 radical (unpaired) electrons. The van der Waals surface area contributed by atoms with Crippen molar-refractivity contribution in [2.75, 3.05) is 30.9 Å². The second kappa shape index (κ2) is 8.96. The minimum atomic E-state index is -3.91. The number of hydrogen-bond acceptors (Lipinski definition) is 4. The number of aryl methyl sites for hydroxylation is 1. The molecule has 2 aromatic carbocycles. The summed E-state index contributed by atoms with van der Waals surface area (Å²) in [6.07, 6.45) is 5.06. The van der Waals surface area contributed by atoms with Crippen LogP contribution >= 0.6 is 0 Å². The first-order chi connectivity index (χ1) is 14.8. The van der Waals surface area contributed by atoms with E-state index < -0.39 is 15.8 Å². The lowest BCUT2D eigenvalue weighted by molar-refractivity contribution is 0.0573. The Bertz CT molecular complexity index is 1040. The molecule has 2 aromatic rings. The molecule has 166 valence electrons. The number of rotatable bonds is 5. The third kappa shape index (κ3) is 4.91.